The number of aryl methyl sites for hydroxylation is 1. The lowest BCUT2D eigenvalue weighted by Crippen LogP contribution is -2.12. The van der Waals surface area contributed by atoms with E-state index in [1.807, 2.05) is 12.1 Å². The van der Waals surface area contributed by atoms with Gasteiger partial charge in [0.25, 0.3) is 0 Å². The fourth-order valence-electron chi connectivity index (χ4n) is 2.08. The molecule has 0 spiro atoms. The number of nitriles is 1. The summed E-state index contributed by atoms with van der Waals surface area (Å²) < 4.78 is 5.13. The van der Waals surface area contributed by atoms with E-state index in [9.17, 15) is 4.79 Å². The molecular weight excluding hydrogens is 342 g/mol. The number of halogens is 1. The van der Waals surface area contributed by atoms with Crippen LogP contribution in [0.5, 0.6) is 0 Å². The van der Waals surface area contributed by atoms with E-state index in [2.05, 4.69) is 20.4 Å². The predicted molar refractivity (Wildman–Crippen MR) is 90.6 cm³/mol. The molecule has 0 aliphatic heterocycles. The Bertz CT molecular complexity index is 934. The van der Waals surface area contributed by atoms with Gasteiger partial charge in [-0.2, -0.15) is 10.2 Å². The zero-order valence-electron chi connectivity index (χ0n) is 12.9. The minimum absolute atomic E-state index is 0.168. The molecule has 0 saturated heterocycles. The zero-order valence-corrected chi connectivity index (χ0v) is 13.7. The first-order chi connectivity index (χ1) is 12.2. The van der Waals surface area contributed by atoms with Gasteiger partial charge in [-0.25, -0.2) is 0 Å². The number of benzene rings is 1. The molecule has 8 heteroatoms. The molecule has 2 heterocycles. The van der Waals surface area contributed by atoms with Crippen LogP contribution in [-0.4, -0.2) is 21.0 Å². The number of anilines is 1. The number of aromatic nitrogens is 3. The molecular formula is C17H12ClN5O2. The van der Waals surface area contributed by atoms with Crippen molar-refractivity contribution in [3.8, 4) is 17.6 Å². The maximum Gasteiger partial charge on any atom is 0.227 e. The third-order valence-corrected chi connectivity index (χ3v) is 3.61. The van der Waals surface area contributed by atoms with E-state index in [0.29, 0.717) is 35.1 Å². The van der Waals surface area contributed by atoms with Crippen LogP contribution >= 0.6 is 11.6 Å². The monoisotopic (exact) mass is 353 g/mol. The molecule has 0 aliphatic carbocycles. The Morgan fingerprint density at radius 1 is 1.32 bits per heavy atom. The molecule has 3 rings (SSSR count). The first kappa shape index (κ1) is 16.6. The number of nitrogens with one attached hydrogen (secondary N) is 1. The van der Waals surface area contributed by atoms with Crippen LogP contribution in [0.3, 0.4) is 0 Å². The highest BCUT2D eigenvalue weighted by Crippen LogP contribution is 2.20. The van der Waals surface area contributed by atoms with Crippen LogP contribution < -0.4 is 5.32 Å². The molecule has 3 aromatic rings. The normalized spacial score (nSPS) is 10.2. The van der Waals surface area contributed by atoms with E-state index in [1.54, 1.807) is 30.5 Å². The zero-order chi connectivity index (χ0) is 17.6. The quantitative estimate of drug-likeness (QED) is 0.755. The molecule has 0 aliphatic rings. The smallest absolute Gasteiger partial charge is 0.227 e. The number of hydrogen-bond acceptors (Lipinski definition) is 6. The van der Waals surface area contributed by atoms with E-state index >= 15 is 0 Å². The Labute approximate surface area is 148 Å². The third kappa shape index (κ3) is 4.19. The number of rotatable bonds is 5. The average Bonchev–Trinajstić information content (AvgIpc) is 3.10. The van der Waals surface area contributed by atoms with Gasteiger partial charge in [-0.05, 0) is 30.3 Å². The number of carbonyl (C=O) groups excluding carboxylic acids is 1. The second-order valence-electron chi connectivity index (χ2n) is 5.08. The van der Waals surface area contributed by atoms with Crippen molar-refractivity contribution in [3.63, 3.8) is 0 Å². The second-order valence-corrected chi connectivity index (χ2v) is 5.49. The van der Waals surface area contributed by atoms with Crippen molar-refractivity contribution in [1.82, 2.24) is 15.1 Å². The van der Waals surface area contributed by atoms with Gasteiger partial charge in [-0.1, -0.05) is 22.8 Å². The van der Waals surface area contributed by atoms with E-state index in [4.69, 9.17) is 21.4 Å². The Balaban J connectivity index is 1.57. The van der Waals surface area contributed by atoms with Crippen molar-refractivity contribution in [1.29, 1.82) is 5.26 Å². The molecule has 0 saturated carbocycles. The minimum atomic E-state index is -0.224. The van der Waals surface area contributed by atoms with Gasteiger partial charge in [0.15, 0.2) is 0 Å². The largest absolute Gasteiger partial charge is 0.339 e. The molecule has 0 radical (unpaired) electrons. The summed E-state index contributed by atoms with van der Waals surface area (Å²) in [6, 6.07) is 12.1. The number of hydrogen-bond donors (Lipinski definition) is 1. The van der Waals surface area contributed by atoms with Crippen molar-refractivity contribution in [3.05, 3.63) is 59.1 Å². The lowest BCUT2D eigenvalue weighted by molar-refractivity contribution is -0.116. The van der Waals surface area contributed by atoms with Crippen LogP contribution in [0, 0.1) is 11.3 Å². The van der Waals surface area contributed by atoms with E-state index in [-0.39, 0.29) is 17.4 Å². The average molecular weight is 354 g/mol. The van der Waals surface area contributed by atoms with E-state index in [0.717, 1.165) is 0 Å². The summed E-state index contributed by atoms with van der Waals surface area (Å²) in [4.78, 5) is 20.4. The first-order valence-corrected chi connectivity index (χ1v) is 7.77. The second kappa shape index (κ2) is 7.55. The van der Waals surface area contributed by atoms with Gasteiger partial charge >= 0.3 is 0 Å². The maximum atomic E-state index is 12.0. The molecule has 1 N–H and O–H groups in total. The molecule has 1 amide bonds. The summed E-state index contributed by atoms with van der Waals surface area (Å²) in [6.45, 7) is 0. The predicted octanol–water partition coefficient (Wildman–Crippen LogP) is 3.23. The molecule has 0 bridgehead atoms. The highest BCUT2D eigenvalue weighted by molar-refractivity contribution is 6.32. The summed E-state index contributed by atoms with van der Waals surface area (Å²) in [5, 5.41) is 15.7. The lowest BCUT2D eigenvalue weighted by atomic mass is 10.2. The Hall–Kier alpha value is -3.24. The lowest BCUT2D eigenvalue weighted by Gasteiger charge is -2.05. The molecule has 0 unspecified atom stereocenters. The Kier molecular flexibility index (Phi) is 5.02. The van der Waals surface area contributed by atoms with Gasteiger partial charge in [-0.15, -0.1) is 0 Å². The topological polar surface area (TPSA) is 105 Å². The SMILES string of the molecule is N#Cc1ccc(NC(=O)CCc2nc(-c3ccccn3)no2)cc1Cl. The van der Waals surface area contributed by atoms with Gasteiger partial charge in [-0.3, -0.25) is 9.78 Å². The van der Waals surface area contributed by atoms with Gasteiger partial charge in [0.1, 0.15) is 11.8 Å². The summed E-state index contributed by atoms with van der Waals surface area (Å²) in [7, 11) is 0. The standard InChI is InChI=1S/C17H12ClN5O2/c18-13-9-12(5-4-11(13)10-19)21-15(24)6-7-16-22-17(23-25-16)14-3-1-2-8-20-14/h1-5,8-9H,6-7H2,(H,21,24). The highest BCUT2D eigenvalue weighted by Gasteiger charge is 2.12. The molecule has 7 nitrogen and oxygen atoms in total. The summed E-state index contributed by atoms with van der Waals surface area (Å²) in [6.07, 6.45) is 2.11. The highest BCUT2D eigenvalue weighted by atomic mass is 35.5. The third-order valence-electron chi connectivity index (χ3n) is 3.30. The van der Waals surface area contributed by atoms with Crippen molar-refractivity contribution in [2.45, 2.75) is 12.8 Å². The summed E-state index contributed by atoms with van der Waals surface area (Å²) >= 11 is 5.93. The van der Waals surface area contributed by atoms with Crippen LogP contribution in [0.15, 0.2) is 47.1 Å². The fraction of sp³-hybridized carbons (Fsp3) is 0.118. The van der Waals surface area contributed by atoms with Crippen LogP contribution in [0.2, 0.25) is 5.02 Å². The Morgan fingerprint density at radius 2 is 2.20 bits per heavy atom. The van der Waals surface area contributed by atoms with E-state index in [1.165, 1.54) is 6.07 Å². The van der Waals surface area contributed by atoms with Crippen LogP contribution in [0.25, 0.3) is 11.5 Å². The molecule has 25 heavy (non-hydrogen) atoms. The van der Waals surface area contributed by atoms with Crippen molar-refractivity contribution < 1.29 is 9.32 Å². The molecule has 2 aromatic heterocycles. The van der Waals surface area contributed by atoms with Crippen LogP contribution in [-0.2, 0) is 11.2 Å². The minimum Gasteiger partial charge on any atom is -0.339 e. The van der Waals surface area contributed by atoms with Gasteiger partial charge in [0, 0.05) is 24.7 Å². The van der Waals surface area contributed by atoms with Crippen molar-refractivity contribution >= 4 is 23.2 Å². The van der Waals surface area contributed by atoms with Crippen LogP contribution in [0.1, 0.15) is 17.9 Å². The maximum absolute atomic E-state index is 12.0. The van der Waals surface area contributed by atoms with Gasteiger partial charge in [0.2, 0.25) is 17.6 Å². The molecule has 1 aromatic carbocycles. The number of carbonyl (C=O) groups is 1. The number of pyridine rings is 1. The van der Waals surface area contributed by atoms with Gasteiger partial charge in [0.05, 0.1) is 10.6 Å². The van der Waals surface area contributed by atoms with Crippen molar-refractivity contribution in [2.24, 2.45) is 0 Å². The fourth-order valence-corrected chi connectivity index (χ4v) is 2.31. The van der Waals surface area contributed by atoms with Crippen LogP contribution in [0.4, 0.5) is 5.69 Å². The molecule has 0 atom stereocenters. The number of amides is 1. The molecule has 0 fully saturated rings. The van der Waals surface area contributed by atoms with Gasteiger partial charge < -0.3 is 9.84 Å². The molecule has 124 valence electrons. The first-order valence-electron chi connectivity index (χ1n) is 7.39. The number of nitrogens with zero attached hydrogens (tertiary/aromatic N) is 4. The summed E-state index contributed by atoms with van der Waals surface area (Å²) in [5.74, 6) is 0.516. The Morgan fingerprint density at radius 3 is 2.92 bits per heavy atom. The summed E-state index contributed by atoms with van der Waals surface area (Å²) in [5.41, 5.74) is 1.48. The van der Waals surface area contributed by atoms with E-state index < -0.39 is 0 Å². The van der Waals surface area contributed by atoms with Crippen molar-refractivity contribution in [2.75, 3.05) is 5.32 Å².